The minimum atomic E-state index is -0.0102. The van der Waals surface area contributed by atoms with E-state index in [1.54, 1.807) is 6.92 Å². The van der Waals surface area contributed by atoms with Crippen LogP contribution in [0.1, 0.15) is 47.1 Å². The Morgan fingerprint density at radius 1 is 1.29 bits per heavy atom. The van der Waals surface area contributed by atoms with E-state index < -0.39 is 0 Å². The highest BCUT2D eigenvalue weighted by atomic mass is 16.3. The lowest BCUT2D eigenvalue weighted by atomic mass is 9.90. The molecule has 5 heteroatoms. The lowest BCUT2D eigenvalue weighted by molar-refractivity contribution is 0.0715. The number of hydrogen-bond acceptors (Lipinski definition) is 4. The largest absolute Gasteiger partial charge is 0.448 e. The molecular weight excluding hydrogens is 302 g/mol. The van der Waals surface area contributed by atoms with Gasteiger partial charge in [0, 0.05) is 31.5 Å². The van der Waals surface area contributed by atoms with Crippen LogP contribution < -0.4 is 5.32 Å². The van der Waals surface area contributed by atoms with Gasteiger partial charge < -0.3 is 14.6 Å². The standard InChI is InChI=1S/C19H23N3O2/c1-13-21-16(12-24-13)19(23)22-11-15(14-7-3-2-4-8-14)18-17(22)9-5-6-10-20-18/h2-4,7-8,12,15,17-18,20H,5-6,9-11H2,1H3/t15-,17-,18-/m0/s1. The molecule has 4 rings (SSSR count). The first-order valence-corrected chi connectivity index (χ1v) is 8.75. The van der Waals surface area contributed by atoms with Crippen molar-refractivity contribution in [3.63, 3.8) is 0 Å². The van der Waals surface area contributed by atoms with Gasteiger partial charge in [0.15, 0.2) is 11.6 Å². The summed E-state index contributed by atoms with van der Waals surface area (Å²) in [6.45, 7) is 3.52. The molecule has 5 nitrogen and oxygen atoms in total. The molecule has 1 N–H and O–H groups in total. The second kappa shape index (κ2) is 6.40. The van der Waals surface area contributed by atoms with Crippen LogP contribution in [0.25, 0.3) is 0 Å². The fraction of sp³-hybridized carbons (Fsp3) is 0.474. The Balaban J connectivity index is 1.65. The molecule has 0 unspecified atom stereocenters. The number of aryl methyl sites for hydroxylation is 1. The summed E-state index contributed by atoms with van der Waals surface area (Å²) < 4.78 is 5.24. The molecule has 24 heavy (non-hydrogen) atoms. The summed E-state index contributed by atoms with van der Waals surface area (Å²) in [7, 11) is 0. The van der Waals surface area contributed by atoms with Crippen molar-refractivity contribution in [1.82, 2.24) is 15.2 Å². The van der Waals surface area contributed by atoms with Gasteiger partial charge in [-0.25, -0.2) is 4.98 Å². The van der Waals surface area contributed by atoms with Crippen molar-refractivity contribution in [2.45, 2.75) is 44.2 Å². The molecule has 2 aliphatic rings. The van der Waals surface area contributed by atoms with Crippen LogP contribution in [0.15, 0.2) is 41.0 Å². The van der Waals surface area contributed by atoms with Crippen LogP contribution in [-0.2, 0) is 0 Å². The smallest absolute Gasteiger partial charge is 0.276 e. The molecule has 0 saturated carbocycles. The zero-order valence-electron chi connectivity index (χ0n) is 13.9. The first-order valence-electron chi connectivity index (χ1n) is 8.75. The van der Waals surface area contributed by atoms with Crippen molar-refractivity contribution in [1.29, 1.82) is 0 Å². The van der Waals surface area contributed by atoms with Gasteiger partial charge in [-0.1, -0.05) is 36.8 Å². The number of rotatable bonds is 2. The highest BCUT2D eigenvalue weighted by molar-refractivity contribution is 5.92. The number of nitrogens with one attached hydrogen (secondary N) is 1. The number of fused-ring (bicyclic) bond motifs is 1. The molecule has 3 atom stereocenters. The van der Waals surface area contributed by atoms with E-state index in [1.165, 1.54) is 18.2 Å². The Kier molecular flexibility index (Phi) is 4.10. The summed E-state index contributed by atoms with van der Waals surface area (Å²) in [5, 5.41) is 3.70. The van der Waals surface area contributed by atoms with Crippen LogP contribution in [0, 0.1) is 6.92 Å². The Morgan fingerprint density at radius 2 is 2.12 bits per heavy atom. The fourth-order valence-electron chi connectivity index (χ4n) is 4.14. The number of carbonyl (C=O) groups is 1. The third kappa shape index (κ3) is 2.73. The van der Waals surface area contributed by atoms with Gasteiger partial charge in [0.05, 0.1) is 0 Å². The summed E-state index contributed by atoms with van der Waals surface area (Å²) in [6.07, 6.45) is 4.84. The van der Waals surface area contributed by atoms with Crippen molar-refractivity contribution in [3.05, 3.63) is 53.7 Å². The molecule has 0 bridgehead atoms. The first-order chi connectivity index (χ1) is 11.7. The second-order valence-electron chi connectivity index (χ2n) is 6.77. The van der Waals surface area contributed by atoms with Crippen LogP contribution >= 0.6 is 0 Å². The summed E-state index contributed by atoms with van der Waals surface area (Å²) in [5.41, 5.74) is 1.72. The normalized spacial score (nSPS) is 26.9. The second-order valence-corrected chi connectivity index (χ2v) is 6.77. The van der Waals surface area contributed by atoms with Crippen LogP contribution in [0.5, 0.6) is 0 Å². The first kappa shape index (κ1) is 15.4. The molecule has 126 valence electrons. The molecule has 0 aliphatic carbocycles. The summed E-state index contributed by atoms with van der Waals surface area (Å²) in [6, 6.07) is 11.1. The SMILES string of the molecule is Cc1nc(C(=O)N2C[C@@H](c3ccccc3)[C@@H]3NCCCC[C@@H]32)co1. The topological polar surface area (TPSA) is 58.4 Å². The molecule has 2 aromatic rings. The summed E-state index contributed by atoms with van der Waals surface area (Å²) in [4.78, 5) is 19.2. The Bertz CT molecular complexity index is 712. The van der Waals surface area contributed by atoms with E-state index in [4.69, 9.17) is 4.42 Å². The van der Waals surface area contributed by atoms with E-state index >= 15 is 0 Å². The molecule has 0 spiro atoms. The van der Waals surface area contributed by atoms with Gasteiger partial charge in [0.25, 0.3) is 5.91 Å². The maximum Gasteiger partial charge on any atom is 0.276 e. The van der Waals surface area contributed by atoms with Gasteiger partial charge >= 0.3 is 0 Å². The quantitative estimate of drug-likeness (QED) is 0.922. The van der Waals surface area contributed by atoms with Gasteiger partial charge in [0.2, 0.25) is 0 Å². The summed E-state index contributed by atoms with van der Waals surface area (Å²) >= 11 is 0. The molecule has 2 fully saturated rings. The van der Waals surface area contributed by atoms with E-state index in [-0.39, 0.29) is 11.9 Å². The molecule has 1 amide bonds. The average molecular weight is 325 g/mol. The van der Waals surface area contributed by atoms with Crippen molar-refractivity contribution in [2.75, 3.05) is 13.1 Å². The highest BCUT2D eigenvalue weighted by Gasteiger charge is 2.45. The number of oxazole rings is 1. The van der Waals surface area contributed by atoms with Crippen molar-refractivity contribution >= 4 is 5.91 Å². The van der Waals surface area contributed by atoms with Gasteiger partial charge in [-0.2, -0.15) is 0 Å². The average Bonchev–Trinajstić information content (AvgIpc) is 3.11. The van der Waals surface area contributed by atoms with Crippen molar-refractivity contribution in [2.24, 2.45) is 0 Å². The van der Waals surface area contributed by atoms with E-state index in [1.807, 2.05) is 11.0 Å². The van der Waals surface area contributed by atoms with Gasteiger partial charge in [-0.05, 0) is 24.9 Å². The van der Waals surface area contributed by atoms with Crippen molar-refractivity contribution in [3.8, 4) is 0 Å². The van der Waals surface area contributed by atoms with Crippen LogP contribution in [-0.4, -0.2) is 41.0 Å². The lowest BCUT2D eigenvalue weighted by Gasteiger charge is -2.26. The number of likely N-dealkylation sites (tertiary alicyclic amines) is 1. The lowest BCUT2D eigenvalue weighted by Crippen LogP contribution is -2.44. The number of carbonyl (C=O) groups excluding carboxylic acids is 1. The molecule has 1 aromatic heterocycles. The predicted octanol–water partition coefficient (Wildman–Crippen LogP) is 2.73. The van der Waals surface area contributed by atoms with Crippen LogP contribution in [0.2, 0.25) is 0 Å². The van der Waals surface area contributed by atoms with E-state index in [0.717, 1.165) is 25.9 Å². The third-order valence-electron chi connectivity index (χ3n) is 5.28. The molecule has 0 radical (unpaired) electrons. The predicted molar refractivity (Wildman–Crippen MR) is 90.9 cm³/mol. The number of nitrogens with zero attached hydrogens (tertiary/aromatic N) is 2. The summed E-state index contributed by atoms with van der Waals surface area (Å²) in [5.74, 6) is 0.850. The minimum Gasteiger partial charge on any atom is -0.448 e. The Hall–Kier alpha value is -2.14. The molecule has 3 heterocycles. The third-order valence-corrected chi connectivity index (χ3v) is 5.28. The molecule has 2 aliphatic heterocycles. The maximum atomic E-state index is 13.0. The van der Waals surface area contributed by atoms with Gasteiger partial charge in [0.1, 0.15) is 6.26 Å². The number of amides is 1. The van der Waals surface area contributed by atoms with Gasteiger partial charge in [-0.3, -0.25) is 4.79 Å². The number of benzene rings is 1. The Morgan fingerprint density at radius 3 is 2.88 bits per heavy atom. The zero-order valence-corrected chi connectivity index (χ0v) is 13.9. The highest BCUT2D eigenvalue weighted by Crippen LogP contribution is 2.36. The Labute approximate surface area is 142 Å². The van der Waals surface area contributed by atoms with Crippen LogP contribution in [0.3, 0.4) is 0 Å². The van der Waals surface area contributed by atoms with E-state index in [0.29, 0.717) is 23.5 Å². The van der Waals surface area contributed by atoms with Gasteiger partial charge in [-0.15, -0.1) is 0 Å². The molecular formula is C19H23N3O2. The van der Waals surface area contributed by atoms with E-state index in [2.05, 4.69) is 34.6 Å². The van der Waals surface area contributed by atoms with E-state index in [9.17, 15) is 4.79 Å². The van der Waals surface area contributed by atoms with Crippen molar-refractivity contribution < 1.29 is 9.21 Å². The monoisotopic (exact) mass is 325 g/mol. The number of hydrogen-bond donors (Lipinski definition) is 1. The number of aromatic nitrogens is 1. The minimum absolute atomic E-state index is 0.0102. The maximum absolute atomic E-state index is 13.0. The fourth-order valence-corrected chi connectivity index (χ4v) is 4.14. The zero-order chi connectivity index (χ0) is 16.5. The van der Waals surface area contributed by atoms with Crippen LogP contribution in [0.4, 0.5) is 0 Å². The molecule has 2 saturated heterocycles. The molecule has 1 aromatic carbocycles.